The van der Waals surface area contributed by atoms with Gasteiger partial charge in [0.05, 0.1) is 41.1 Å². The van der Waals surface area contributed by atoms with Gasteiger partial charge in [0.15, 0.2) is 5.82 Å². The van der Waals surface area contributed by atoms with Gasteiger partial charge >= 0.3 is 0 Å². The van der Waals surface area contributed by atoms with Gasteiger partial charge in [-0.2, -0.15) is 0 Å². The standard InChI is InChI=1S/C11H10ClFN4O/c1-6(18)10-9(12)2-8(5-14-10)17-11-15-3-7(13)4-16-11/h2-6,18H,1H3,(H,15,16,17)/t6-/m1/s1. The predicted octanol–water partition coefficient (Wildman–Crippen LogP) is 2.46. The van der Waals surface area contributed by atoms with Gasteiger partial charge in [0.1, 0.15) is 0 Å². The van der Waals surface area contributed by atoms with Crippen molar-refractivity contribution in [3.8, 4) is 0 Å². The lowest BCUT2D eigenvalue weighted by Gasteiger charge is -2.09. The maximum absolute atomic E-state index is 12.6. The first kappa shape index (κ1) is 12.7. The monoisotopic (exact) mass is 268 g/mol. The van der Waals surface area contributed by atoms with Gasteiger partial charge in [0, 0.05) is 0 Å². The molecule has 18 heavy (non-hydrogen) atoms. The van der Waals surface area contributed by atoms with Gasteiger partial charge in [-0.05, 0) is 13.0 Å². The molecule has 2 rings (SSSR count). The summed E-state index contributed by atoms with van der Waals surface area (Å²) in [6.45, 7) is 1.57. The molecule has 0 saturated heterocycles. The van der Waals surface area contributed by atoms with Gasteiger partial charge in [0.25, 0.3) is 0 Å². The summed E-state index contributed by atoms with van der Waals surface area (Å²) in [5.74, 6) is -0.278. The van der Waals surface area contributed by atoms with Gasteiger partial charge in [-0.15, -0.1) is 0 Å². The van der Waals surface area contributed by atoms with Crippen LogP contribution in [0.25, 0.3) is 0 Å². The van der Waals surface area contributed by atoms with Crippen LogP contribution in [-0.4, -0.2) is 20.1 Å². The van der Waals surface area contributed by atoms with Crippen LogP contribution in [0.15, 0.2) is 24.7 Å². The molecule has 1 atom stereocenters. The van der Waals surface area contributed by atoms with Gasteiger partial charge in [0.2, 0.25) is 5.95 Å². The van der Waals surface area contributed by atoms with Gasteiger partial charge in [-0.25, -0.2) is 14.4 Å². The molecule has 0 aromatic carbocycles. The molecule has 0 radical (unpaired) electrons. The van der Waals surface area contributed by atoms with Crippen molar-refractivity contribution in [2.75, 3.05) is 5.32 Å². The number of nitrogens with zero attached hydrogens (tertiary/aromatic N) is 3. The van der Waals surface area contributed by atoms with Crippen LogP contribution < -0.4 is 5.32 Å². The summed E-state index contributed by atoms with van der Waals surface area (Å²) in [5, 5.41) is 12.5. The summed E-state index contributed by atoms with van der Waals surface area (Å²) in [5.41, 5.74) is 0.943. The number of aromatic nitrogens is 3. The van der Waals surface area contributed by atoms with Crippen molar-refractivity contribution in [2.24, 2.45) is 0 Å². The quantitative estimate of drug-likeness (QED) is 0.895. The van der Waals surface area contributed by atoms with Crippen LogP contribution in [0.4, 0.5) is 16.0 Å². The van der Waals surface area contributed by atoms with E-state index in [0.29, 0.717) is 16.4 Å². The van der Waals surface area contributed by atoms with E-state index in [2.05, 4.69) is 20.3 Å². The lowest BCUT2D eigenvalue weighted by Crippen LogP contribution is -2.01. The number of halogens is 2. The van der Waals surface area contributed by atoms with Crippen molar-refractivity contribution in [1.82, 2.24) is 15.0 Å². The number of rotatable bonds is 3. The minimum atomic E-state index is -0.742. The molecular formula is C11H10ClFN4O. The lowest BCUT2D eigenvalue weighted by molar-refractivity contribution is 0.194. The number of hydrogen-bond acceptors (Lipinski definition) is 5. The molecule has 0 saturated carbocycles. The molecule has 2 heterocycles. The lowest BCUT2D eigenvalue weighted by atomic mass is 10.2. The summed E-state index contributed by atoms with van der Waals surface area (Å²) in [4.78, 5) is 11.5. The third-order valence-electron chi connectivity index (χ3n) is 2.14. The molecule has 0 aliphatic carbocycles. The Morgan fingerprint density at radius 3 is 2.50 bits per heavy atom. The Morgan fingerprint density at radius 1 is 1.28 bits per heavy atom. The maximum atomic E-state index is 12.6. The number of anilines is 2. The summed E-state index contributed by atoms with van der Waals surface area (Å²) in [6.07, 6.45) is 2.85. The van der Waals surface area contributed by atoms with Crippen LogP contribution in [0.1, 0.15) is 18.7 Å². The van der Waals surface area contributed by atoms with Crippen molar-refractivity contribution in [3.05, 3.63) is 41.2 Å². The minimum absolute atomic E-state index is 0.235. The number of pyridine rings is 1. The van der Waals surface area contributed by atoms with E-state index in [1.165, 1.54) is 6.20 Å². The molecule has 0 unspecified atom stereocenters. The predicted molar refractivity (Wildman–Crippen MR) is 65.2 cm³/mol. The van der Waals surface area contributed by atoms with Crippen molar-refractivity contribution < 1.29 is 9.50 Å². The summed E-state index contributed by atoms with van der Waals surface area (Å²) in [7, 11) is 0. The first-order valence-electron chi connectivity index (χ1n) is 5.14. The molecule has 7 heteroatoms. The first-order chi connectivity index (χ1) is 8.56. The number of aliphatic hydroxyl groups excluding tert-OH is 1. The zero-order valence-corrected chi connectivity index (χ0v) is 10.2. The maximum Gasteiger partial charge on any atom is 0.227 e. The Kier molecular flexibility index (Phi) is 3.69. The van der Waals surface area contributed by atoms with Crippen molar-refractivity contribution >= 4 is 23.2 Å². The highest BCUT2D eigenvalue weighted by Crippen LogP contribution is 2.24. The molecule has 0 aliphatic heterocycles. The van der Waals surface area contributed by atoms with Crippen LogP contribution in [-0.2, 0) is 0 Å². The highest BCUT2D eigenvalue weighted by atomic mass is 35.5. The largest absolute Gasteiger partial charge is 0.387 e. The summed E-state index contributed by atoms with van der Waals surface area (Å²) < 4.78 is 12.6. The van der Waals surface area contributed by atoms with E-state index in [9.17, 15) is 9.50 Å². The number of aliphatic hydroxyl groups is 1. The normalized spacial score (nSPS) is 12.2. The topological polar surface area (TPSA) is 70.9 Å². The fourth-order valence-electron chi connectivity index (χ4n) is 1.33. The van der Waals surface area contributed by atoms with E-state index in [4.69, 9.17) is 11.6 Å². The Bertz CT molecular complexity index is 547. The van der Waals surface area contributed by atoms with E-state index in [0.717, 1.165) is 12.4 Å². The second-order valence-electron chi connectivity index (χ2n) is 3.62. The first-order valence-corrected chi connectivity index (χ1v) is 5.52. The third kappa shape index (κ3) is 2.91. The van der Waals surface area contributed by atoms with Gasteiger partial charge in [-0.1, -0.05) is 11.6 Å². The zero-order valence-electron chi connectivity index (χ0n) is 9.43. The molecule has 2 aromatic heterocycles. The third-order valence-corrected chi connectivity index (χ3v) is 2.44. The molecule has 0 bridgehead atoms. The molecule has 2 aromatic rings. The fourth-order valence-corrected chi connectivity index (χ4v) is 1.65. The van der Waals surface area contributed by atoms with Crippen LogP contribution in [0.2, 0.25) is 5.02 Å². The van der Waals surface area contributed by atoms with E-state index >= 15 is 0 Å². The average molecular weight is 269 g/mol. The average Bonchev–Trinajstić information content (AvgIpc) is 2.32. The van der Waals surface area contributed by atoms with Crippen LogP contribution in [0, 0.1) is 5.82 Å². The zero-order chi connectivity index (χ0) is 13.1. The van der Waals surface area contributed by atoms with Gasteiger partial charge in [-0.3, -0.25) is 4.98 Å². The van der Waals surface area contributed by atoms with Gasteiger partial charge < -0.3 is 10.4 Å². The molecule has 0 amide bonds. The van der Waals surface area contributed by atoms with E-state index < -0.39 is 11.9 Å². The molecule has 0 fully saturated rings. The molecule has 94 valence electrons. The fraction of sp³-hybridized carbons (Fsp3) is 0.182. The van der Waals surface area contributed by atoms with E-state index in [1.807, 2.05) is 0 Å². The van der Waals surface area contributed by atoms with Crippen molar-refractivity contribution in [2.45, 2.75) is 13.0 Å². The van der Waals surface area contributed by atoms with Crippen LogP contribution in [0.3, 0.4) is 0 Å². The molecule has 0 spiro atoms. The SMILES string of the molecule is C[C@@H](O)c1ncc(Nc2ncc(F)cn2)cc1Cl. The Labute approximate surface area is 108 Å². The van der Waals surface area contributed by atoms with E-state index in [-0.39, 0.29) is 5.95 Å². The molecular weight excluding hydrogens is 259 g/mol. The number of hydrogen-bond donors (Lipinski definition) is 2. The number of nitrogens with one attached hydrogen (secondary N) is 1. The molecule has 2 N–H and O–H groups in total. The van der Waals surface area contributed by atoms with Crippen molar-refractivity contribution in [3.63, 3.8) is 0 Å². The minimum Gasteiger partial charge on any atom is -0.387 e. The van der Waals surface area contributed by atoms with Crippen molar-refractivity contribution in [1.29, 1.82) is 0 Å². The molecule has 5 nitrogen and oxygen atoms in total. The second-order valence-corrected chi connectivity index (χ2v) is 4.02. The Balaban J connectivity index is 2.20. The van der Waals surface area contributed by atoms with E-state index in [1.54, 1.807) is 13.0 Å². The smallest absolute Gasteiger partial charge is 0.227 e. The highest BCUT2D eigenvalue weighted by molar-refractivity contribution is 6.31. The Morgan fingerprint density at radius 2 is 1.94 bits per heavy atom. The molecule has 0 aliphatic rings. The second kappa shape index (κ2) is 5.24. The van der Waals surface area contributed by atoms with Crippen LogP contribution in [0.5, 0.6) is 0 Å². The highest BCUT2D eigenvalue weighted by Gasteiger charge is 2.09. The van der Waals surface area contributed by atoms with Crippen LogP contribution >= 0.6 is 11.6 Å². The summed E-state index contributed by atoms with van der Waals surface area (Å²) in [6, 6.07) is 1.59. The Hall–Kier alpha value is -1.79. The summed E-state index contributed by atoms with van der Waals surface area (Å²) >= 11 is 5.95.